The van der Waals surface area contributed by atoms with Crippen LogP contribution in [0.3, 0.4) is 0 Å². The molecule has 0 radical (unpaired) electrons. The maximum atomic E-state index is 12.9. The second-order valence-corrected chi connectivity index (χ2v) is 20.9. The Bertz CT molecular complexity index is 1790. The molecular weight excluding hydrogens is 985 g/mol. The molecule has 0 bridgehead atoms. The number of rotatable bonds is 57. The Morgan fingerprint density at radius 3 is 0.800 bits per heavy atom. The van der Waals surface area contributed by atoms with E-state index in [-0.39, 0.29) is 37.5 Å². The van der Waals surface area contributed by atoms with Gasteiger partial charge in [-0.05, 0) is 122 Å². The summed E-state index contributed by atoms with van der Waals surface area (Å²) < 4.78 is 16.9. The Morgan fingerprint density at radius 2 is 0.500 bits per heavy atom. The summed E-state index contributed by atoms with van der Waals surface area (Å²) in [6.45, 7) is 6.36. The molecule has 1 unspecified atom stereocenters. The van der Waals surface area contributed by atoms with E-state index in [1.807, 2.05) is 0 Å². The van der Waals surface area contributed by atoms with Gasteiger partial charge in [-0.25, -0.2) is 0 Å². The predicted molar refractivity (Wildman–Crippen MR) is 348 cm³/mol. The van der Waals surface area contributed by atoms with Crippen LogP contribution in [0.2, 0.25) is 0 Å². The third kappa shape index (κ3) is 63.9. The van der Waals surface area contributed by atoms with E-state index >= 15 is 0 Å². The van der Waals surface area contributed by atoms with Gasteiger partial charge in [-0.1, -0.05) is 288 Å². The Labute approximate surface area is 492 Å². The molecule has 0 aromatic carbocycles. The summed E-state index contributed by atoms with van der Waals surface area (Å²) >= 11 is 0. The molecule has 0 N–H and O–H groups in total. The molecule has 1 atom stereocenters. The van der Waals surface area contributed by atoms with Gasteiger partial charge in [0.1, 0.15) is 13.2 Å². The van der Waals surface area contributed by atoms with E-state index in [2.05, 4.69) is 179 Å². The van der Waals surface area contributed by atoms with Crippen molar-refractivity contribution in [2.75, 3.05) is 13.2 Å². The summed E-state index contributed by atoms with van der Waals surface area (Å²) in [5.74, 6) is -0.986. The minimum absolute atomic E-state index is 0.110. The van der Waals surface area contributed by atoms with Crippen LogP contribution in [-0.4, -0.2) is 37.2 Å². The van der Waals surface area contributed by atoms with Crippen LogP contribution in [0, 0.1) is 0 Å². The third-order valence-corrected chi connectivity index (χ3v) is 13.3. The number of ether oxygens (including phenoxy) is 3. The monoisotopic (exact) mass is 1100 g/mol. The van der Waals surface area contributed by atoms with Crippen LogP contribution in [0.25, 0.3) is 0 Å². The van der Waals surface area contributed by atoms with E-state index in [1.54, 1.807) is 0 Å². The Morgan fingerprint density at radius 1 is 0.263 bits per heavy atom. The fraction of sp³-hybridized carbons (Fsp3) is 0.608. The first-order valence-corrected chi connectivity index (χ1v) is 32.5. The van der Waals surface area contributed by atoms with Gasteiger partial charge in [0, 0.05) is 19.3 Å². The summed E-state index contributed by atoms with van der Waals surface area (Å²) in [7, 11) is 0. The average molecular weight is 1100 g/mol. The van der Waals surface area contributed by atoms with Gasteiger partial charge >= 0.3 is 17.9 Å². The number of allylic oxidation sites excluding steroid dienone is 26. The fourth-order valence-electron chi connectivity index (χ4n) is 8.49. The fourth-order valence-corrected chi connectivity index (χ4v) is 8.49. The smallest absolute Gasteiger partial charge is 0.306 e. The molecule has 0 aromatic rings. The van der Waals surface area contributed by atoms with Crippen molar-refractivity contribution in [2.45, 2.75) is 277 Å². The van der Waals surface area contributed by atoms with Crippen molar-refractivity contribution in [1.82, 2.24) is 0 Å². The van der Waals surface area contributed by atoms with Gasteiger partial charge < -0.3 is 14.2 Å². The quantitative estimate of drug-likeness (QED) is 0.0261. The molecule has 0 aliphatic carbocycles. The summed E-state index contributed by atoms with van der Waals surface area (Å²) in [6, 6.07) is 0. The van der Waals surface area contributed by atoms with Crippen LogP contribution in [0.4, 0.5) is 0 Å². The summed E-state index contributed by atoms with van der Waals surface area (Å²) in [5.41, 5.74) is 0. The number of esters is 3. The average Bonchev–Trinajstić information content (AvgIpc) is 3.46. The standard InChI is InChI=1S/C74H118O6/c1-4-7-10-13-16-19-22-25-28-30-32-34-36-37-39-40-42-44-46-49-52-55-58-61-64-67-73(76)79-70-71(69-78-72(75)66-63-60-57-54-51-48-27-24-21-18-15-12-9-6-3)80-74(77)68-65-62-59-56-53-50-47-45-43-41-38-35-33-31-29-26-23-20-17-14-11-8-5-2/h7-8,10-11,16-17,19-20,25-26,28-29,32-35,37,39,41-44,47,50,56,59,71H,4-6,9,12-15,18,21-24,27,30-31,36,38,40,45-46,48-49,51-55,57-58,60-70H2,1-3H3/b10-7-,11-8-,19-16-,20-17-,28-25-,29-26-,34-32-,35-33-,39-37-,43-41-,44-42-,50-47-,59-56-. The molecule has 0 spiro atoms. The zero-order valence-electron chi connectivity index (χ0n) is 51.5. The Kier molecular flexibility index (Phi) is 62.4. The van der Waals surface area contributed by atoms with E-state index in [0.29, 0.717) is 19.3 Å². The molecule has 0 heterocycles. The minimum Gasteiger partial charge on any atom is -0.462 e. The number of hydrogen-bond donors (Lipinski definition) is 0. The zero-order valence-corrected chi connectivity index (χ0v) is 51.5. The summed E-state index contributed by atoms with van der Waals surface area (Å²) in [6.07, 6.45) is 96.8. The molecule has 0 saturated heterocycles. The Balaban J connectivity index is 4.51. The highest BCUT2D eigenvalue weighted by Crippen LogP contribution is 2.15. The maximum absolute atomic E-state index is 12.9. The molecule has 0 amide bonds. The first-order valence-electron chi connectivity index (χ1n) is 32.5. The molecule has 450 valence electrons. The lowest BCUT2D eigenvalue weighted by Gasteiger charge is -2.18. The predicted octanol–water partition coefficient (Wildman–Crippen LogP) is 22.5. The first kappa shape index (κ1) is 75.0. The van der Waals surface area contributed by atoms with E-state index in [1.165, 1.54) is 83.5 Å². The third-order valence-electron chi connectivity index (χ3n) is 13.3. The molecule has 6 heteroatoms. The topological polar surface area (TPSA) is 78.9 Å². The number of hydrogen-bond acceptors (Lipinski definition) is 6. The molecule has 0 fully saturated rings. The highest BCUT2D eigenvalue weighted by atomic mass is 16.6. The van der Waals surface area contributed by atoms with E-state index in [4.69, 9.17) is 14.2 Å². The molecule has 0 aliphatic rings. The maximum Gasteiger partial charge on any atom is 0.306 e. The Hall–Kier alpha value is -4.97. The number of carbonyl (C=O) groups excluding carboxylic acids is 3. The zero-order chi connectivity index (χ0) is 57.8. The molecule has 6 nitrogen and oxygen atoms in total. The van der Waals surface area contributed by atoms with Gasteiger partial charge in [0.2, 0.25) is 0 Å². The van der Waals surface area contributed by atoms with Gasteiger partial charge in [-0.3, -0.25) is 14.4 Å². The number of carbonyl (C=O) groups is 3. The van der Waals surface area contributed by atoms with Gasteiger partial charge in [0.15, 0.2) is 6.10 Å². The van der Waals surface area contributed by atoms with Gasteiger partial charge in [0.05, 0.1) is 0 Å². The van der Waals surface area contributed by atoms with E-state index < -0.39 is 6.10 Å². The lowest BCUT2D eigenvalue weighted by molar-refractivity contribution is -0.167. The largest absolute Gasteiger partial charge is 0.462 e. The molecule has 0 aliphatic heterocycles. The summed E-state index contributed by atoms with van der Waals surface area (Å²) in [4.78, 5) is 38.3. The van der Waals surface area contributed by atoms with E-state index in [9.17, 15) is 14.4 Å². The van der Waals surface area contributed by atoms with Crippen LogP contribution < -0.4 is 0 Å². The van der Waals surface area contributed by atoms with Crippen molar-refractivity contribution in [3.63, 3.8) is 0 Å². The van der Waals surface area contributed by atoms with Crippen molar-refractivity contribution in [1.29, 1.82) is 0 Å². The van der Waals surface area contributed by atoms with Crippen LogP contribution in [0.15, 0.2) is 158 Å². The van der Waals surface area contributed by atoms with Crippen molar-refractivity contribution >= 4 is 17.9 Å². The van der Waals surface area contributed by atoms with Crippen molar-refractivity contribution in [2.24, 2.45) is 0 Å². The minimum atomic E-state index is -0.823. The highest BCUT2D eigenvalue weighted by Gasteiger charge is 2.19. The second kappa shape index (κ2) is 66.5. The van der Waals surface area contributed by atoms with Crippen LogP contribution in [0.1, 0.15) is 271 Å². The summed E-state index contributed by atoms with van der Waals surface area (Å²) in [5, 5.41) is 0. The lowest BCUT2D eigenvalue weighted by Crippen LogP contribution is -2.30. The van der Waals surface area contributed by atoms with Crippen molar-refractivity contribution in [3.8, 4) is 0 Å². The SMILES string of the molecule is CC/C=C\C/C=C\C/C=C\C/C=C\C/C=C\C/C=C\C/C=C\CCCC(=O)OC(COC(=O)CCCCCCCC/C=C\C/C=C\C/C=C\C/C=C\C/C=C\C/C=C\CC)COC(=O)CCCCCCCCCCCCCCCC. The first-order chi connectivity index (χ1) is 39.5. The van der Waals surface area contributed by atoms with Crippen LogP contribution in [-0.2, 0) is 28.6 Å². The molecule has 0 aromatic heterocycles. The van der Waals surface area contributed by atoms with Crippen molar-refractivity contribution in [3.05, 3.63) is 158 Å². The molecule has 0 saturated carbocycles. The number of unbranched alkanes of at least 4 members (excludes halogenated alkanes) is 20. The van der Waals surface area contributed by atoms with E-state index in [0.717, 1.165) is 141 Å². The van der Waals surface area contributed by atoms with Crippen LogP contribution in [0.5, 0.6) is 0 Å². The molecule has 80 heavy (non-hydrogen) atoms. The molecular formula is C74H118O6. The van der Waals surface area contributed by atoms with Gasteiger partial charge in [-0.2, -0.15) is 0 Å². The second-order valence-electron chi connectivity index (χ2n) is 20.9. The van der Waals surface area contributed by atoms with Crippen LogP contribution >= 0.6 is 0 Å². The highest BCUT2D eigenvalue weighted by molar-refractivity contribution is 5.71. The molecule has 0 rings (SSSR count). The van der Waals surface area contributed by atoms with Gasteiger partial charge in [0.25, 0.3) is 0 Å². The van der Waals surface area contributed by atoms with Crippen molar-refractivity contribution < 1.29 is 28.6 Å². The lowest BCUT2D eigenvalue weighted by atomic mass is 10.0. The van der Waals surface area contributed by atoms with Gasteiger partial charge in [-0.15, -0.1) is 0 Å². The normalized spacial score (nSPS) is 13.2.